The third-order valence-electron chi connectivity index (χ3n) is 2.29. The lowest BCUT2D eigenvalue weighted by Gasteiger charge is -2.30. The summed E-state index contributed by atoms with van der Waals surface area (Å²) in [6, 6.07) is 0. The Morgan fingerprint density at radius 2 is 2.31 bits per heavy atom. The number of nitrogens with zero attached hydrogens (tertiary/aromatic N) is 3. The molecule has 0 saturated carbocycles. The summed E-state index contributed by atoms with van der Waals surface area (Å²) in [7, 11) is 0. The SMILES string of the molecule is Cc1ncncc1C(=O)N1CCC1. The average molecular weight is 177 g/mol. The maximum absolute atomic E-state index is 11.7. The molecule has 68 valence electrons. The van der Waals surface area contributed by atoms with Crippen LogP contribution in [-0.4, -0.2) is 33.9 Å². The minimum atomic E-state index is 0.0596. The van der Waals surface area contributed by atoms with Gasteiger partial charge in [0, 0.05) is 19.3 Å². The van der Waals surface area contributed by atoms with Gasteiger partial charge in [-0.2, -0.15) is 0 Å². The van der Waals surface area contributed by atoms with E-state index in [1.165, 1.54) is 6.33 Å². The number of carbonyl (C=O) groups is 1. The number of carbonyl (C=O) groups excluding carboxylic acids is 1. The van der Waals surface area contributed by atoms with Crippen LogP contribution >= 0.6 is 0 Å². The van der Waals surface area contributed by atoms with Crippen LogP contribution in [0.3, 0.4) is 0 Å². The van der Waals surface area contributed by atoms with Gasteiger partial charge >= 0.3 is 0 Å². The molecule has 4 heteroatoms. The maximum atomic E-state index is 11.7. The monoisotopic (exact) mass is 177 g/mol. The molecule has 0 bridgehead atoms. The normalized spacial score (nSPS) is 15.3. The Morgan fingerprint density at radius 1 is 1.54 bits per heavy atom. The van der Waals surface area contributed by atoms with Gasteiger partial charge in [0.05, 0.1) is 11.3 Å². The van der Waals surface area contributed by atoms with Crippen molar-refractivity contribution in [2.45, 2.75) is 13.3 Å². The molecule has 1 amide bonds. The quantitative estimate of drug-likeness (QED) is 0.632. The molecule has 1 aromatic rings. The fourth-order valence-electron chi connectivity index (χ4n) is 1.29. The zero-order chi connectivity index (χ0) is 9.26. The van der Waals surface area contributed by atoms with Crippen molar-refractivity contribution in [3.05, 3.63) is 23.8 Å². The van der Waals surface area contributed by atoms with Crippen LogP contribution in [0.5, 0.6) is 0 Å². The Morgan fingerprint density at radius 3 is 2.85 bits per heavy atom. The van der Waals surface area contributed by atoms with Gasteiger partial charge in [-0.15, -0.1) is 0 Å². The molecule has 1 aliphatic heterocycles. The summed E-state index contributed by atoms with van der Waals surface area (Å²) in [5.74, 6) is 0.0596. The highest BCUT2D eigenvalue weighted by Gasteiger charge is 2.23. The molecule has 1 fully saturated rings. The van der Waals surface area contributed by atoms with E-state index in [1.807, 2.05) is 11.8 Å². The second-order valence-corrected chi connectivity index (χ2v) is 3.17. The van der Waals surface area contributed by atoms with E-state index in [2.05, 4.69) is 9.97 Å². The molecular formula is C9H11N3O. The number of aromatic nitrogens is 2. The zero-order valence-electron chi connectivity index (χ0n) is 7.53. The van der Waals surface area contributed by atoms with Crippen molar-refractivity contribution in [3.8, 4) is 0 Å². The van der Waals surface area contributed by atoms with E-state index in [-0.39, 0.29) is 5.91 Å². The Labute approximate surface area is 76.6 Å². The predicted molar refractivity (Wildman–Crippen MR) is 47.3 cm³/mol. The molecule has 1 aliphatic rings. The second-order valence-electron chi connectivity index (χ2n) is 3.17. The van der Waals surface area contributed by atoms with Gasteiger partial charge in [0.25, 0.3) is 5.91 Å². The zero-order valence-corrected chi connectivity index (χ0v) is 7.53. The lowest BCUT2D eigenvalue weighted by molar-refractivity contribution is 0.0650. The molecule has 0 unspecified atom stereocenters. The maximum Gasteiger partial charge on any atom is 0.257 e. The number of rotatable bonds is 1. The number of hydrogen-bond acceptors (Lipinski definition) is 3. The Bertz CT molecular complexity index is 333. The van der Waals surface area contributed by atoms with Crippen LogP contribution in [0.1, 0.15) is 22.5 Å². The third kappa shape index (κ3) is 1.39. The van der Waals surface area contributed by atoms with Crippen LogP contribution in [0, 0.1) is 6.92 Å². The molecular weight excluding hydrogens is 166 g/mol. The molecule has 1 aromatic heterocycles. The largest absolute Gasteiger partial charge is 0.338 e. The molecule has 2 rings (SSSR count). The molecule has 0 aromatic carbocycles. The molecule has 1 saturated heterocycles. The summed E-state index contributed by atoms with van der Waals surface area (Å²) in [5.41, 5.74) is 1.38. The summed E-state index contributed by atoms with van der Waals surface area (Å²) in [6.07, 6.45) is 4.16. The number of likely N-dealkylation sites (tertiary alicyclic amines) is 1. The highest BCUT2D eigenvalue weighted by Crippen LogP contribution is 2.12. The van der Waals surface area contributed by atoms with Crippen molar-refractivity contribution in [3.63, 3.8) is 0 Å². The number of amides is 1. The highest BCUT2D eigenvalue weighted by molar-refractivity contribution is 5.95. The van der Waals surface area contributed by atoms with E-state index < -0.39 is 0 Å². The van der Waals surface area contributed by atoms with E-state index in [4.69, 9.17) is 0 Å². The van der Waals surface area contributed by atoms with Gasteiger partial charge in [-0.1, -0.05) is 0 Å². The van der Waals surface area contributed by atoms with Crippen molar-refractivity contribution >= 4 is 5.91 Å². The summed E-state index contributed by atoms with van der Waals surface area (Å²) in [4.78, 5) is 21.3. The molecule has 4 nitrogen and oxygen atoms in total. The first-order valence-corrected chi connectivity index (χ1v) is 4.35. The molecule has 0 radical (unpaired) electrons. The van der Waals surface area contributed by atoms with Crippen molar-refractivity contribution in [1.29, 1.82) is 0 Å². The van der Waals surface area contributed by atoms with Crippen LogP contribution in [0.25, 0.3) is 0 Å². The van der Waals surface area contributed by atoms with Crippen LogP contribution in [0.4, 0.5) is 0 Å². The van der Waals surface area contributed by atoms with E-state index in [0.717, 1.165) is 25.2 Å². The van der Waals surface area contributed by atoms with Gasteiger partial charge in [0.1, 0.15) is 6.33 Å². The van der Waals surface area contributed by atoms with Gasteiger partial charge in [-0.05, 0) is 13.3 Å². The fourth-order valence-corrected chi connectivity index (χ4v) is 1.29. The standard InChI is InChI=1S/C9H11N3O/c1-7-8(5-10-6-11-7)9(13)12-3-2-4-12/h5-6H,2-4H2,1H3. The minimum absolute atomic E-state index is 0.0596. The summed E-state index contributed by atoms with van der Waals surface area (Å²) in [6.45, 7) is 3.56. The minimum Gasteiger partial charge on any atom is -0.338 e. The molecule has 0 spiro atoms. The fraction of sp³-hybridized carbons (Fsp3) is 0.444. The second kappa shape index (κ2) is 3.12. The smallest absolute Gasteiger partial charge is 0.257 e. The number of hydrogen-bond donors (Lipinski definition) is 0. The van der Waals surface area contributed by atoms with Gasteiger partial charge in [0.15, 0.2) is 0 Å². The lowest BCUT2D eigenvalue weighted by atomic mass is 10.1. The van der Waals surface area contributed by atoms with Crippen molar-refractivity contribution in [1.82, 2.24) is 14.9 Å². The summed E-state index contributed by atoms with van der Waals surface area (Å²) in [5, 5.41) is 0. The van der Waals surface area contributed by atoms with Gasteiger partial charge in [-0.3, -0.25) is 4.79 Å². The third-order valence-corrected chi connectivity index (χ3v) is 2.29. The van der Waals surface area contributed by atoms with E-state index >= 15 is 0 Å². The Hall–Kier alpha value is -1.45. The molecule has 0 aliphatic carbocycles. The van der Waals surface area contributed by atoms with E-state index in [9.17, 15) is 4.79 Å². The van der Waals surface area contributed by atoms with Gasteiger partial charge < -0.3 is 4.90 Å². The van der Waals surface area contributed by atoms with Crippen molar-refractivity contribution in [2.75, 3.05) is 13.1 Å². The van der Waals surface area contributed by atoms with E-state index in [1.54, 1.807) is 6.20 Å². The molecule has 0 atom stereocenters. The van der Waals surface area contributed by atoms with E-state index in [0.29, 0.717) is 5.56 Å². The molecule has 13 heavy (non-hydrogen) atoms. The summed E-state index contributed by atoms with van der Waals surface area (Å²) < 4.78 is 0. The van der Waals surface area contributed by atoms with Crippen molar-refractivity contribution in [2.24, 2.45) is 0 Å². The van der Waals surface area contributed by atoms with Gasteiger partial charge in [-0.25, -0.2) is 9.97 Å². The first-order valence-electron chi connectivity index (χ1n) is 4.35. The lowest BCUT2D eigenvalue weighted by Crippen LogP contribution is -2.42. The van der Waals surface area contributed by atoms with Gasteiger partial charge in [0.2, 0.25) is 0 Å². The first kappa shape index (κ1) is 8.16. The molecule has 0 N–H and O–H groups in total. The number of aryl methyl sites for hydroxylation is 1. The Balaban J connectivity index is 2.24. The Kier molecular flexibility index (Phi) is 1.96. The van der Waals surface area contributed by atoms with Crippen LogP contribution in [0.2, 0.25) is 0 Å². The van der Waals surface area contributed by atoms with Crippen LogP contribution in [0.15, 0.2) is 12.5 Å². The first-order chi connectivity index (χ1) is 6.29. The highest BCUT2D eigenvalue weighted by atomic mass is 16.2. The summed E-state index contributed by atoms with van der Waals surface area (Å²) >= 11 is 0. The topological polar surface area (TPSA) is 46.1 Å². The van der Waals surface area contributed by atoms with Crippen molar-refractivity contribution < 1.29 is 4.79 Å². The van der Waals surface area contributed by atoms with Crippen LogP contribution < -0.4 is 0 Å². The molecule has 2 heterocycles. The predicted octanol–water partition coefficient (Wildman–Crippen LogP) is 0.631. The van der Waals surface area contributed by atoms with Crippen LogP contribution in [-0.2, 0) is 0 Å². The average Bonchev–Trinajstić information content (AvgIpc) is 2.01.